The maximum Gasteiger partial charge on any atom is 0.253 e. The molecular formula is C13H10ClFN2O. The van der Waals surface area contributed by atoms with Crippen molar-refractivity contribution in [1.82, 2.24) is 10.3 Å². The van der Waals surface area contributed by atoms with Crippen LogP contribution in [0.15, 0.2) is 42.7 Å². The molecule has 0 aliphatic heterocycles. The third-order valence-corrected chi connectivity index (χ3v) is 2.61. The van der Waals surface area contributed by atoms with Crippen LogP contribution in [0.5, 0.6) is 0 Å². The number of aromatic nitrogens is 1. The summed E-state index contributed by atoms with van der Waals surface area (Å²) in [6.45, 7) is 0.0835. The summed E-state index contributed by atoms with van der Waals surface area (Å²) in [5, 5.41) is 3.04. The number of nitrogens with one attached hydrogen (secondary N) is 1. The molecule has 0 bridgehead atoms. The van der Waals surface area contributed by atoms with E-state index in [1.807, 2.05) is 0 Å². The zero-order chi connectivity index (χ0) is 13.0. The van der Waals surface area contributed by atoms with Crippen molar-refractivity contribution >= 4 is 17.5 Å². The van der Waals surface area contributed by atoms with E-state index >= 15 is 0 Å². The molecule has 0 saturated carbocycles. The predicted molar refractivity (Wildman–Crippen MR) is 66.8 cm³/mol. The van der Waals surface area contributed by atoms with E-state index in [4.69, 9.17) is 11.6 Å². The molecule has 1 N–H and O–H groups in total. The van der Waals surface area contributed by atoms with Crippen LogP contribution in [-0.4, -0.2) is 10.9 Å². The minimum Gasteiger partial charge on any atom is -0.348 e. The molecule has 0 unspecified atom stereocenters. The van der Waals surface area contributed by atoms with Crippen molar-refractivity contribution in [3.8, 4) is 0 Å². The molecule has 2 aromatic rings. The number of carbonyl (C=O) groups is 1. The first-order valence-corrected chi connectivity index (χ1v) is 5.67. The topological polar surface area (TPSA) is 42.0 Å². The second-order valence-electron chi connectivity index (χ2n) is 3.66. The summed E-state index contributed by atoms with van der Waals surface area (Å²) >= 11 is 5.76. The van der Waals surface area contributed by atoms with Crippen molar-refractivity contribution in [2.24, 2.45) is 0 Å². The molecule has 3 nitrogen and oxygen atoms in total. The number of rotatable bonds is 3. The van der Waals surface area contributed by atoms with E-state index in [0.717, 1.165) is 0 Å². The smallest absolute Gasteiger partial charge is 0.253 e. The highest BCUT2D eigenvalue weighted by atomic mass is 35.5. The van der Waals surface area contributed by atoms with Crippen LogP contribution in [0.25, 0.3) is 0 Å². The van der Waals surface area contributed by atoms with Crippen LogP contribution in [0.3, 0.4) is 0 Å². The first-order valence-electron chi connectivity index (χ1n) is 5.29. The Hall–Kier alpha value is -1.94. The highest BCUT2D eigenvalue weighted by Gasteiger charge is 2.07. The van der Waals surface area contributed by atoms with Gasteiger partial charge in [-0.1, -0.05) is 11.6 Å². The van der Waals surface area contributed by atoms with E-state index in [9.17, 15) is 9.18 Å². The largest absolute Gasteiger partial charge is 0.348 e. The number of nitrogens with zero attached hydrogens (tertiary/aromatic N) is 1. The van der Waals surface area contributed by atoms with Crippen LogP contribution >= 0.6 is 11.6 Å². The van der Waals surface area contributed by atoms with Gasteiger partial charge in [-0.15, -0.1) is 0 Å². The Balaban J connectivity index is 2.04. The average molecular weight is 265 g/mol. The number of benzene rings is 1. The van der Waals surface area contributed by atoms with Crippen LogP contribution in [0.4, 0.5) is 4.39 Å². The first-order chi connectivity index (χ1) is 8.66. The first kappa shape index (κ1) is 12.5. The third-order valence-electron chi connectivity index (χ3n) is 2.37. The van der Waals surface area contributed by atoms with E-state index in [1.165, 1.54) is 24.4 Å². The van der Waals surface area contributed by atoms with Crippen LogP contribution in [-0.2, 0) is 6.54 Å². The van der Waals surface area contributed by atoms with Gasteiger partial charge < -0.3 is 5.32 Å². The third kappa shape index (κ3) is 3.05. The summed E-state index contributed by atoms with van der Waals surface area (Å²) in [7, 11) is 0. The molecule has 18 heavy (non-hydrogen) atoms. The second-order valence-corrected chi connectivity index (χ2v) is 4.10. The zero-order valence-corrected chi connectivity index (χ0v) is 10.1. The van der Waals surface area contributed by atoms with E-state index in [0.29, 0.717) is 16.1 Å². The molecule has 0 radical (unpaired) electrons. The minimum atomic E-state index is -0.397. The summed E-state index contributed by atoms with van der Waals surface area (Å²) < 4.78 is 13.4. The SMILES string of the molecule is O=C(NCc1cc(Cl)ccc1F)c1cccnc1. The molecular weight excluding hydrogens is 255 g/mol. The molecule has 1 amide bonds. The van der Waals surface area contributed by atoms with Gasteiger partial charge in [0.1, 0.15) is 5.82 Å². The lowest BCUT2D eigenvalue weighted by Crippen LogP contribution is -2.23. The van der Waals surface area contributed by atoms with Gasteiger partial charge in [-0.2, -0.15) is 0 Å². The lowest BCUT2D eigenvalue weighted by atomic mass is 10.2. The molecule has 0 aliphatic carbocycles. The summed E-state index contributed by atoms with van der Waals surface area (Å²) in [6, 6.07) is 7.52. The van der Waals surface area contributed by atoms with E-state index in [2.05, 4.69) is 10.3 Å². The Morgan fingerprint density at radius 2 is 2.22 bits per heavy atom. The highest BCUT2D eigenvalue weighted by molar-refractivity contribution is 6.30. The molecule has 1 aromatic heterocycles. The summed E-state index contributed by atoms with van der Waals surface area (Å²) in [5.41, 5.74) is 0.777. The molecule has 0 fully saturated rings. The van der Waals surface area contributed by atoms with Crippen molar-refractivity contribution in [2.45, 2.75) is 6.54 Å². The quantitative estimate of drug-likeness (QED) is 0.926. The maximum absolute atomic E-state index is 13.4. The van der Waals surface area contributed by atoms with Gasteiger partial charge in [0.2, 0.25) is 0 Å². The Morgan fingerprint density at radius 3 is 2.94 bits per heavy atom. The van der Waals surface area contributed by atoms with Gasteiger partial charge in [-0.25, -0.2) is 4.39 Å². The van der Waals surface area contributed by atoms with E-state index in [-0.39, 0.29) is 12.5 Å². The maximum atomic E-state index is 13.4. The molecule has 5 heteroatoms. The number of hydrogen-bond acceptors (Lipinski definition) is 2. The molecule has 1 aromatic carbocycles. The molecule has 1 heterocycles. The fourth-order valence-electron chi connectivity index (χ4n) is 1.45. The highest BCUT2D eigenvalue weighted by Crippen LogP contribution is 2.14. The van der Waals surface area contributed by atoms with Crippen molar-refractivity contribution in [2.75, 3.05) is 0 Å². The van der Waals surface area contributed by atoms with Crippen LogP contribution in [0.1, 0.15) is 15.9 Å². The Morgan fingerprint density at radius 1 is 1.39 bits per heavy atom. The van der Waals surface area contributed by atoms with Gasteiger partial charge >= 0.3 is 0 Å². The van der Waals surface area contributed by atoms with Gasteiger partial charge in [-0.05, 0) is 30.3 Å². The standard InChI is InChI=1S/C13H10ClFN2O/c14-11-3-4-12(15)10(6-11)8-17-13(18)9-2-1-5-16-7-9/h1-7H,8H2,(H,17,18). The molecule has 0 atom stereocenters. The lowest BCUT2D eigenvalue weighted by molar-refractivity contribution is 0.0950. The molecule has 0 spiro atoms. The van der Waals surface area contributed by atoms with Gasteiger partial charge in [0.25, 0.3) is 5.91 Å². The Kier molecular flexibility index (Phi) is 3.89. The van der Waals surface area contributed by atoms with Gasteiger partial charge in [-0.3, -0.25) is 9.78 Å². The van der Waals surface area contributed by atoms with Crippen LogP contribution in [0, 0.1) is 5.82 Å². The fourth-order valence-corrected chi connectivity index (χ4v) is 1.65. The molecule has 92 valence electrons. The second kappa shape index (κ2) is 5.60. The predicted octanol–water partition coefficient (Wildman–Crippen LogP) is 2.80. The van der Waals surface area contributed by atoms with Crippen LogP contribution in [0.2, 0.25) is 5.02 Å². The number of hydrogen-bond donors (Lipinski definition) is 1. The zero-order valence-electron chi connectivity index (χ0n) is 9.36. The lowest BCUT2D eigenvalue weighted by Gasteiger charge is -2.06. The Bertz CT molecular complexity index is 560. The number of pyridine rings is 1. The van der Waals surface area contributed by atoms with Crippen molar-refractivity contribution in [3.05, 3.63) is 64.7 Å². The normalized spacial score (nSPS) is 10.1. The summed E-state index contributed by atoms with van der Waals surface area (Å²) in [4.78, 5) is 15.5. The number of carbonyl (C=O) groups excluding carboxylic acids is 1. The monoisotopic (exact) mass is 264 g/mol. The van der Waals surface area contributed by atoms with Crippen molar-refractivity contribution in [1.29, 1.82) is 0 Å². The minimum absolute atomic E-state index is 0.0835. The fraction of sp³-hybridized carbons (Fsp3) is 0.0769. The van der Waals surface area contributed by atoms with E-state index < -0.39 is 5.82 Å². The average Bonchev–Trinajstić information content (AvgIpc) is 2.40. The number of halogens is 2. The summed E-state index contributed by atoms with van der Waals surface area (Å²) in [6.07, 6.45) is 3.02. The summed E-state index contributed by atoms with van der Waals surface area (Å²) in [5.74, 6) is -0.701. The Labute approximate surface area is 109 Å². The van der Waals surface area contributed by atoms with Crippen LogP contribution < -0.4 is 5.32 Å². The van der Waals surface area contributed by atoms with Gasteiger partial charge in [0.15, 0.2) is 0 Å². The van der Waals surface area contributed by atoms with E-state index in [1.54, 1.807) is 18.3 Å². The number of amides is 1. The van der Waals surface area contributed by atoms with Gasteiger partial charge in [0.05, 0.1) is 5.56 Å². The molecule has 2 rings (SSSR count). The van der Waals surface area contributed by atoms with Gasteiger partial charge in [0, 0.05) is 29.5 Å². The molecule has 0 saturated heterocycles. The molecule has 0 aliphatic rings. The van der Waals surface area contributed by atoms with Crippen molar-refractivity contribution in [3.63, 3.8) is 0 Å². The van der Waals surface area contributed by atoms with Crippen molar-refractivity contribution < 1.29 is 9.18 Å².